The quantitative estimate of drug-likeness (QED) is 0.579. The SMILES string of the molecule is C=C(C)C1CCC(CO)C2Nc3cc(CCCCC)ccc3C12. The van der Waals surface area contributed by atoms with Gasteiger partial charge in [-0.3, -0.25) is 0 Å². The van der Waals surface area contributed by atoms with Crippen LogP contribution in [0.15, 0.2) is 30.4 Å². The maximum atomic E-state index is 9.78. The maximum Gasteiger partial charge on any atom is 0.0479 e. The average molecular weight is 313 g/mol. The van der Waals surface area contributed by atoms with Gasteiger partial charge in [0.25, 0.3) is 0 Å². The lowest BCUT2D eigenvalue weighted by atomic mass is 9.67. The van der Waals surface area contributed by atoms with Crippen molar-refractivity contribution in [3.63, 3.8) is 0 Å². The molecule has 4 atom stereocenters. The summed E-state index contributed by atoms with van der Waals surface area (Å²) >= 11 is 0. The van der Waals surface area contributed by atoms with Crippen molar-refractivity contribution in [2.24, 2.45) is 11.8 Å². The first-order valence-corrected chi connectivity index (χ1v) is 9.31. The number of aliphatic hydroxyl groups excluding tert-OH is 1. The summed E-state index contributed by atoms with van der Waals surface area (Å²) in [6, 6.07) is 7.38. The molecule has 0 saturated heterocycles. The zero-order valence-corrected chi connectivity index (χ0v) is 14.6. The van der Waals surface area contributed by atoms with E-state index in [9.17, 15) is 5.11 Å². The summed E-state index contributed by atoms with van der Waals surface area (Å²) < 4.78 is 0. The molecule has 1 aromatic carbocycles. The van der Waals surface area contributed by atoms with Gasteiger partial charge in [-0.1, -0.05) is 44.1 Å². The van der Waals surface area contributed by atoms with Gasteiger partial charge in [0.15, 0.2) is 0 Å². The van der Waals surface area contributed by atoms with Gasteiger partial charge >= 0.3 is 0 Å². The Morgan fingerprint density at radius 3 is 2.83 bits per heavy atom. The standard InChI is InChI=1S/C21H31NO/c1-4-5-6-7-15-8-10-18-19(12-15)22-21-16(13-23)9-11-17(14(2)3)20(18)21/h8,10,12,16-17,20-23H,2,4-7,9,11,13H2,1,3H3. The van der Waals surface area contributed by atoms with Crippen molar-refractivity contribution in [2.75, 3.05) is 11.9 Å². The van der Waals surface area contributed by atoms with Crippen molar-refractivity contribution < 1.29 is 5.11 Å². The third kappa shape index (κ3) is 3.19. The van der Waals surface area contributed by atoms with Crippen LogP contribution in [-0.4, -0.2) is 17.8 Å². The van der Waals surface area contributed by atoms with E-state index in [-0.39, 0.29) is 6.61 Å². The number of rotatable bonds is 6. The van der Waals surface area contributed by atoms with E-state index in [4.69, 9.17) is 0 Å². The van der Waals surface area contributed by atoms with Crippen LogP contribution in [0.1, 0.15) is 63.0 Å². The van der Waals surface area contributed by atoms with E-state index < -0.39 is 0 Å². The van der Waals surface area contributed by atoms with Crippen LogP contribution >= 0.6 is 0 Å². The molecule has 2 nitrogen and oxygen atoms in total. The fraction of sp³-hybridized carbons (Fsp3) is 0.619. The predicted molar refractivity (Wildman–Crippen MR) is 97.9 cm³/mol. The summed E-state index contributed by atoms with van der Waals surface area (Å²) in [5.74, 6) is 1.40. The molecule has 1 aliphatic heterocycles. The number of aliphatic hydroxyl groups is 1. The van der Waals surface area contributed by atoms with Gasteiger partial charge in [0.05, 0.1) is 0 Å². The van der Waals surface area contributed by atoms with Gasteiger partial charge < -0.3 is 10.4 Å². The summed E-state index contributed by atoms with van der Waals surface area (Å²) in [5.41, 5.74) is 5.48. The third-order valence-corrected chi connectivity index (χ3v) is 5.91. The highest BCUT2D eigenvalue weighted by Crippen LogP contribution is 2.51. The molecule has 1 aliphatic carbocycles. The molecule has 3 rings (SSSR count). The molecule has 4 unspecified atom stereocenters. The lowest BCUT2D eigenvalue weighted by Crippen LogP contribution is -2.40. The number of fused-ring (bicyclic) bond motifs is 3. The van der Waals surface area contributed by atoms with E-state index >= 15 is 0 Å². The van der Waals surface area contributed by atoms with Gasteiger partial charge in [0.2, 0.25) is 0 Å². The number of anilines is 1. The number of unbranched alkanes of at least 4 members (excludes halogenated alkanes) is 2. The molecule has 23 heavy (non-hydrogen) atoms. The molecule has 1 heterocycles. The number of hydrogen-bond donors (Lipinski definition) is 2. The van der Waals surface area contributed by atoms with E-state index in [1.807, 2.05) is 0 Å². The molecular weight excluding hydrogens is 282 g/mol. The molecule has 2 N–H and O–H groups in total. The monoisotopic (exact) mass is 313 g/mol. The summed E-state index contributed by atoms with van der Waals surface area (Å²) in [4.78, 5) is 0. The molecule has 126 valence electrons. The topological polar surface area (TPSA) is 32.3 Å². The molecule has 2 aliphatic rings. The van der Waals surface area contributed by atoms with Crippen molar-refractivity contribution in [1.82, 2.24) is 0 Å². The van der Waals surface area contributed by atoms with Crippen molar-refractivity contribution in [3.05, 3.63) is 41.5 Å². The number of hydrogen-bond acceptors (Lipinski definition) is 2. The molecule has 0 radical (unpaired) electrons. The third-order valence-electron chi connectivity index (χ3n) is 5.91. The highest BCUT2D eigenvalue weighted by Gasteiger charge is 2.44. The Labute approximate surface area is 141 Å². The van der Waals surface area contributed by atoms with E-state index in [0.717, 1.165) is 12.8 Å². The molecule has 1 fully saturated rings. The van der Waals surface area contributed by atoms with Crippen LogP contribution in [-0.2, 0) is 6.42 Å². The van der Waals surface area contributed by atoms with Crippen LogP contribution in [0.25, 0.3) is 0 Å². The Balaban J connectivity index is 1.85. The van der Waals surface area contributed by atoms with Crippen LogP contribution in [0.5, 0.6) is 0 Å². The van der Waals surface area contributed by atoms with Crippen molar-refractivity contribution in [2.45, 2.75) is 64.3 Å². The number of allylic oxidation sites excluding steroid dienone is 1. The molecule has 0 aromatic heterocycles. The number of benzene rings is 1. The second-order valence-electron chi connectivity index (χ2n) is 7.55. The lowest BCUT2D eigenvalue weighted by molar-refractivity contribution is 0.151. The fourth-order valence-corrected chi connectivity index (χ4v) is 4.61. The Hall–Kier alpha value is -1.28. The Morgan fingerprint density at radius 2 is 2.13 bits per heavy atom. The highest BCUT2D eigenvalue weighted by atomic mass is 16.3. The molecule has 0 bridgehead atoms. The fourth-order valence-electron chi connectivity index (χ4n) is 4.61. The minimum Gasteiger partial charge on any atom is -0.396 e. The summed E-state index contributed by atoms with van der Waals surface area (Å²) in [7, 11) is 0. The lowest BCUT2D eigenvalue weighted by Gasteiger charge is -2.39. The predicted octanol–water partition coefficient (Wildman–Crippen LogP) is 4.89. The summed E-state index contributed by atoms with van der Waals surface area (Å²) in [6.45, 7) is 8.94. The van der Waals surface area contributed by atoms with Crippen molar-refractivity contribution >= 4 is 5.69 Å². The van der Waals surface area contributed by atoms with Crippen LogP contribution in [0.3, 0.4) is 0 Å². The molecule has 1 saturated carbocycles. The smallest absolute Gasteiger partial charge is 0.0479 e. The minimum atomic E-state index is 0.286. The van der Waals surface area contributed by atoms with Gasteiger partial charge in [0, 0.05) is 30.2 Å². The van der Waals surface area contributed by atoms with E-state index in [2.05, 4.69) is 43.9 Å². The maximum absolute atomic E-state index is 9.78. The Bertz CT molecular complexity index is 565. The highest BCUT2D eigenvalue weighted by molar-refractivity contribution is 5.62. The Morgan fingerprint density at radius 1 is 1.30 bits per heavy atom. The van der Waals surface area contributed by atoms with E-state index in [1.165, 1.54) is 48.1 Å². The largest absolute Gasteiger partial charge is 0.396 e. The molecule has 0 amide bonds. The second kappa shape index (κ2) is 7.09. The van der Waals surface area contributed by atoms with Gasteiger partial charge in [-0.2, -0.15) is 0 Å². The van der Waals surface area contributed by atoms with E-state index in [1.54, 1.807) is 0 Å². The molecule has 1 aromatic rings. The molecule has 0 spiro atoms. The van der Waals surface area contributed by atoms with Crippen LogP contribution in [0.4, 0.5) is 5.69 Å². The molecule has 2 heteroatoms. The normalized spacial score (nSPS) is 28.8. The first-order valence-electron chi connectivity index (χ1n) is 9.31. The minimum absolute atomic E-state index is 0.286. The van der Waals surface area contributed by atoms with Crippen LogP contribution in [0, 0.1) is 11.8 Å². The van der Waals surface area contributed by atoms with Crippen molar-refractivity contribution in [1.29, 1.82) is 0 Å². The number of nitrogens with one attached hydrogen (secondary N) is 1. The first kappa shape index (κ1) is 16.6. The van der Waals surface area contributed by atoms with Crippen LogP contribution < -0.4 is 5.32 Å². The summed E-state index contributed by atoms with van der Waals surface area (Å²) in [6.07, 6.45) is 7.27. The van der Waals surface area contributed by atoms with Gasteiger partial charge in [-0.05, 0) is 55.7 Å². The molecular formula is C21H31NO. The number of aryl methyl sites for hydroxylation is 1. The van der Waals surface area contributed by atoms with Gasteiger partial charge in [-0.15, -0.1) is 0 Å². The zero-order chi connectivity index (χ0) is 16.4. The van der Waals surface area contributed by atoms with Crippen LogP contribution in [0.2, 0.25) is 0 Å². The van der Waals surface area contributed by atoms with Crippen molar-refractivity contribution in [3.8, 4) is 0 Å². The average Bonchev–Trinajstić information content (AvgIpc) is 2.92. The van der Waals surface area contributed by atoms with E-state index in [0.29, 0.717) is 23.8 Å². The Kier molecular flexibility index (Phi) is 5.11. The van der Waals surface area contributed by atoms with Gasteiger partial charge in [-0.25, -0.2) is 0 Å². The van der Waals surface area contributed by atoms with Gasteiger partial charge in [0.1, 0.15) is 0 Å². The first-order chi connectivity index (χ1) is 11.2. The second-order valence-corrected chi connectivity index (χ2v) is 7.55. The summed E-state index contributed by atoms with van der Waals surface area (Å²) in [5, 5.41) is 13.5. The zero-order valence-electron chi connectivity index (χ0n) is 14.6.